The Labute approximate surface area is 157 Å². The summed E-state index contributed by atoms with van der Waals surface area (Å²) in [7, 11) is 1.83. The highest BCUT2D eigenvalue weighted by Gasteiger charge is 2.04. The second-order valence-corrected chi connectivity index (χ2v) is 6.70. The lowest BCUT2D eigenvalue weighted by Crippen LogP contribution is -2.38. The van der Waals surface area contributed by atoms with Crippen LogP contribution in [-0.4, -0.2) is 40.7 Å². The van der Waals surface area contributed by atoms with Gasteiger partial charge < -0.3 is 10.6 Å². The summed E-state index contributed by atoms with van der Waals surface area (Å²) in [5.74, 6) is 1.90. The molecule has 0 aliphatic rings. The predicted molar refractivity (Wildman–Crippen MR) is 109 cm³/mol. The maximum atomic E-state index is 4.29. The van der Waals surface area contributed by atoms with Gasteiger partial charge in [-0.2, -0.15) is 0 Å². The molecule has 6 nitrogen and oxygen atoms in total. The molecule has 0 amide bonds. The van der Waals surface area contributed by atoms with E-state index in [-0.39, 0.29) is 0 Å². The van der Waals surface area contributed by atoms with Gasteiger partial charge in [0.25, 0.3) is 0 Å². The van der Waals surface area contributed by atoms with E-state index >= 15 is 0 Å². The molecule has 0 saturated carbocycles. The molecule has 6 heteroatoms. The van der Waals surface area contributed by atoms with Gasteiger partial charge in [-0.1, -0.05) is 51.5 Å². The van der Waals surface area contributed by atoms with Gasteiger partial charge in [0.1, 0.15) is 5.82 Å². The molecule has 26 heavy (non-hydrogen) atoms. The lowest BCUT2D eigenvalue weighted by Gasteiger charge is -2.11. The van der Waals surface area contributed by atoms with Crippen LogP contribution in [0.5, 0.6) is 0 Å². The molecule has 2 aromatic rings. The highest BCUT2D eigenvalue weighted by Crippen LogP contribution is 2.06. The Balaban J connectivity index is 1.55. The Morgan fingerprint density at radius 3 is 2.46 bits per heavy atom. The third-order valence-electron chi connectivity index (χ3n) is 4.55. The van der Waals surface area contributed by atoms with Crippen LogP contribution in [0.25, 0.3) is 5.65 Å². The van der Waals surface area contributed by atoms with E-state index in [9.17, 15) is 0 Å². The lowest BCUT2D eigenvalue weighted by atomic mass is 10.1. The molecule has 2 N–H and O–H groups in total. The molecule has 0 fully saturated rings. The number of nitrogens with one attached hydrogen (secondary N) is 2. The van der Waals surface area contributed by atoms with Crippen molar-refractivity contribution in [3.63, 3.8) is 0 Å². The number of aryl methyl sites for hydroxylation is 1. The highest BCUT2D eigenvalue weighted by molar-refractivity contribution is 5.79. The van der Waals surface area contributed by atoms with Crippen LogP contribution < -0.4 is 10.6 Å². The van der Waals surface area contributed by atoms with Crippen molar-refractivity contribution in [3.8, 4) is 0 Å². The van der Waals surface area contributed by atoms with Crippen molar-refractivity contribution in [3.05, 3.63) is 30.2 Å². The van der Waals surface area contributed by atoms with Gasteiger partial charge in [0.2, 0.25) is 0 Å². The third-order valence-corrected chi connectivity index (χ3v) is 4.55. The molecule has 0 spiro atoms. The first-order valence-electron chi connectivity index (χ1n) is 10.1. The topological polar surface area (TPSA) is 66.6 Å². The van der Waals surface area contributed by atoms with Crippen LogP contribution in [0.2, 0.25) is 0 Å². The van der Waals surface area contributed by atoms with E-state index < -0.39 is 0 Å². The van der Waals surface area contributed by atoms with Crippen LogP contribution in [0.1, 0.15) is 64.1 Å². The van der Waals surface area contributed by atoms with Crippen molar-refractivity contribution in [1.29, 1.82) is 0 Å². The molecule has 0 aliphatic heterocycles. The van der Waals surface area contributed by atoms with E-state index in [0.29, 0.717) is 0 Å². The van der Waals surface area contributed by atoms with Crippen molar-refractivity contribution >= 4 is 11.6 Å². The maximum Gasteiger partial charge on any atom is 0.190 e. The average molecular weight is 359 g/mol. The molecule has 144 valence electrons. The van der Waals surface area contributed by atoms with Gasteiger partial charge in [-0.25, -0.2) is 0 Å². The standard InChI is InChI=1S/C20H34N6/c1-3-4-5-6-7-8-10-15-22-20(21-2)23-16-12-14-19-25-24-18-13-9-11-17-26(18)19/h9,11,13,17H,3-8,10,12,14-16H2,1-2H3,(H2,21,22,23). The van der Waals surface area contributed by atoms with Crippen LogP contribution in [-0.2, 0) is 6.42 Å². The molecule has 0 unspecified atom stereocenters. The molecule has 0 radical (unpaired) electrons. The number of aliphatic imine (C=N–C) groups is 1. The Hall–Kier alpha value is -2.11. The molecule has 2 heterocycles. The fraction of sp³-hybridized carbons (Fsp3) is 0.650. The van der Waals surface area contributed by atoms with Crippen molar-refractivity contribution in [2.24, 2.45) is 4.99 Å². The molecule has 0 atom stereocenters. The van der Waals surface area contributed by atoms with Crippen molar-refractivity contribution in [2.75, 3.05) is 20.1 Å². The molecular formula is C20H34N6. The van der Waals surface area contributed by atoms with Gasteiger partial charge in [-0.3, -0.25) is 9.39 Å². The Morgan fingerprint density at radius 1 is 0.962 bits per heavy atom. The number of hydrogen-bond acceptors (Lipinski definition) is 3. The first-order chi connectivity index (χ1) is 12.8. The summed E-state index contributed by atoms with van der Waals surface area (Å²) in [6, 6.07) is 5.97. The van der Waals surface area contributed by atoms with Crippen molar-refractivity contribution in [1.82, 2.24) is 25.2 Å². The number of rotatable bonds is 12. The number of unbranched alkanes of at least 4 members (excludes halogenated alkanes) is 6. The summed E-state index contributed by atoms with van der Waals surface area (Å²) in [6.07, 6.45) is 13.2. The van der Waals surface area contributed by atoms with Crippen LogP contribution in [0.4, 0.5) is 0 Å². The van der Waals surface area contributed by atoms with Crippen LogP contribution >= 0.6 is 0 Å². The molecule has 0 aromatic carbocycles. The zero-order valence-corrected chi connectivity index (χ0v) is 16.4. The smallest absolute Gasteiger partial charge is 0.190 e. The molecule has 2 rings (SSSR count). The Bertz CT molecular complexity index is 649. The van der Waals surface area contributed by atoms with Crippen molar-refractivity contribution in [2.45, 2.75) is 64.7 Å². The second-order valence-electron chi connectivity index (χ2n) is 6.70. The number of nitrogens with zero attached hydrogens (tertiary/aromatic N) is 4. The predicted octanol–water partition coefficient (Wildman–Crippen LogP) is 3.58. The maximum absolute atomic E-state index is 4.29. The average Bonchev–Trinajstić information content (AvgIpc) is 3.08. The van der Waals surface area contributed by atoms with Crippen LogP contribution in [0, 0.1) is 0 Å². The normalized spacial score (nSPS) is 11.8. The highest BCUT2D eigenvalue weighted by atomic mass is 15.2. The van der Waals surface area contributed by atoms with E-state index in [0.717, 1.165) is 43.4 Å². The fourth-order valence-corrected chi connectivity index (χ4v) is 3.02. The molecular weight excluding hydrogens is 324 g/mol. The summed E-state index contributed by atoms with van der Waals surface area (Å²) in [6.45, 7) is 4.12. The first-order valence-corrected chi connectivity index (χ1v) is 10.1. The van der Waals surface area contributed by atoms with E-state index in [1.54, 1.807) is 0 Å². The monoisotopic (exact) mass is 358 g/mol. The van der Waals surface area contributed by atoms with Gasteiger partial charge in [0, 0.05) is 32.8 Å². The van der Waals surface area contributed by atoms with Gasteiger partial charge >= 0.3 is 0 Å². The van der Waals surface area contributed by atoms with Crippen molar-refractivity contribution < 1.29 is 0 Å². The van der Waals surface area contributed by atoms with E-state index in [4.69, 9.17) is 0 Å². The fourth-order valence-electron chi connectivity index (χ4n) is 3.02. The number of guanidine groups is 1. The minimum atomic E-state index is 0.873. The van der Waals surface area contributed by atoms with Crippen LogP contribution in [0.3, 0.4) is 0 Å². The van der Waals surface area contributed by atoms with Gasteiger partial charge in [-0.15, -0.1) is 10.2 Å². The minimum absolute atomic E-state index is 0.873. The summed E-state index contributed by atoms with van der Waals surface area (Å²) in [5.41, 5.74) is 0.905. The minimum Gasteiger partial charge on any atom is -0.356 e. The van der Waals surface area contributed by atoms with Gasteiger partial charge in [0.15, 0.2) is 11.6 Å². The largest absolute Gasteiger partial charge is 0.356 e. The molecule has 0 saturated heterocycles. The summed E-state index contributed by atoms with van der Waals surface area (Å²) >= 11 is 0. The van der Waals surface area contributed by atoms with E-state index in [1.807, 2.05) is 35.8 Å². The summed E-state index contributed by atoms with van der Waals surface area (Å²) in [4.78, 5) is 4.29. The molecule has 0 aliphatic carbocycles. The summed E-state index contributed by atoms with van der Waals surface area (Å²) < 4.78 is 2.05. The number of fused-ring (bicyclic) bond motifs is 1. The number of hydrogen-bond donors (Lipinski definition) is 2. The number of aromatic nitrogens is 3. The molecule has 0 bridgehead atoms. The quantitative estimate of drug-likeness (QED) is 0.346. The lowest BCUT2D eigenvalue weighted by molar-refractivity contribution is 0.583. The first kappa shape index (κ1) is 20.2. The van der Waals surface area contributed by atoms with Gasteiger partial charge in [0.05, 0.1) is 0 Å². The second kappa shape index (κ2) is 12.3. The zero-order valence-electron chi connectivity index (χ0n) is 16.4. The van der Waals surface area contributed by atoms with E-state index in [2.05, 4.69) is 32.7 Å². The summed E-state index contributed by atoms with van der Waals surface area (Å²) in [5, 5.41) is 15.2. The molecule has 2 aromatic heterocycles. The van der Waals surface area contributed by atoms with Gasteiger partial charge in [-0.05, 0) is 25.0 Å². The Morgan fingerprint density at radius 2 is 1.69 bits per heavy atom. The van der Waals surface area contributed by atoms with E-state index in [1.165, 1.54) is 44.9 Å². The zero-order chi connectivity index (χ0) is 18.5. The Kier molecular flexibility index (Phi) is 9.54. The third kappa shape index (κ3) is 7.02. The van der Waals surface area contributed by atoms with Crippen LogP contribution in [0.15, 0.2) is 29.4 Å². The SMILES string of the molecule is CCCCCCCCCNC(=NC)NCCCc1nnc2ccccn12. The number of pyridine rings is 1.